The topological polar surface area (TPSA) is 111 Å². The number of nitrogens with two attached hydrogens (primary N) is 1. The number of rotatable bonds is 6. The molecule has 1 fully saturated rings. The molecule has 1 aliphatic rings. The molecule has 1 saturated heterocycles. The lowest BCUT2D eigenvalue weighted by atomic mass is 9.79. The highest BCUT2D eigenvalue weighted by Crippen LogP contribution is 2.31. The van der Waals surface area contributed by atoms with Crippen molar-refractivity contribution in [2.24, 2.45) is 11.1 Å². The summed E-state index contributed by atoms with van der Waals surface area (Å²) in [6, 6.07) is 6.55. The maximum absolute atomic E-state index is 12.5. The van der Waals surface area contributed by atoms with Crippen LogP contribution in [0.1, 0.15) is 19.8 Å². The van der Waals surface area contributed by atoms with E-state index in [1.165, 1.54) is 0 Å². The predicted octanol–water partition coefficient (Wildman–Crippen LogP) is 1.14. The van der Waals surface area contributed by atoms with E-state index >= 15 is 0 Å². The molecule has 1 aromatic carbocycles. The van der Waals surface area contributed by atoms with Gasteiger partial charge in [-0.1, -0.05) is 0 Å². The average molecular weight is 341 g/mol. The van der Waals surface area contributed by atoms with E-state index in [9.17, 15) is 13.2 Å². The number of hydrogen-bond donors (Lipinski definition) is 3. The van der Waals surface area contributed by atoms with Crippen LogP contribution in [0.2, 0.25) is 0 Å². The highest BCUT2D eigenvalue weighted by Gasteiger charge is 2.38. The maximum atomic E-state index is 12.5. The average Bonchev–Trinajstić information content (AvgIpc) is 2.57. The molecule has 7 nitrogen and oxygen atoms in total. The molecule has 0 aliphatic carbocycles. The van der Waals surface area contributed by atoms with Crippen molar-refractivity contribution in [2.45, 2.75) is 19.8 Å². The Morgan fingerprint density at radius 2 is 1.78 bits per heavy atom. The minimum absolute atomic E-state index is 0.00653. The zero-order chi connectivity index (χ0) is 16.9. The van der Waals surface area contributed by atoms with Crippen LogP contribution in [0.3, 0.4) is 0 Å². The van der Waals surface area contributed by atoms with Crippen LogP contribution in [0.5, 0.6) is 0 Å². The fraction of sp³-hybridized carbons (Fsp3) is 0.533. The number of carbonyl (C=O) groups is 1. The number of carbonyl (C=O) groups excluding carboxylic acids is 1. The third-order valence-corrected chi connectivity index (χ3v) is 5.43. The largest absolute Gasteiger partial charge is 0.381 e. The number of ether oxygens (including phenoxy) is 1. The van der Waals surface area contributed by atoms with Crippen LogP contribution in [-0.2, 0) is 19.6 Å². The SMILES string of the molecule is CCS(=O)(=O)Nc1ccc(NC(=O)C2(CN)CCOCC2)cc1. The van der Waals surface area contributed by atoms with Gasteiger partial charge in [-0.15, -0.1) is 0 Å². The molecule has 8 heteroatoms. The Bertz CT molecular complexity index is 637. The standard InChI is InChI=1S/C15H23N3O4S/c1-2-23(20,21)18-13-5-3-12(4-6-13)17-14(19)15(11-16)7-9-22-10-8-15/h3-6,18H,2,7-11,16H2,1H3,(H,17,19). The van der Waals surface area contributed by atoms with Crippen LogP contribution >= 0.6 is 0 Å². The second-order valence-electron chi connectivity index (χ2n) is 5.63. The molecule has 0 saturated carbocycles. The fourth-order valence-electron chi connectivity index (χ4n) is 2.42. The molecule has 0 bridgehead atoms. The summed E-state index contributed by atoms with van der Waals surface area (Å²) in [6.45, 7) is 2.90. The first-order valence-corrected chi connectivity index (χ1v) is 9.26. The van der Waals surface area contributed by atoms with Gasteiger partial charge in [0.05, 0.1) is 11.2 Å². The molecule has 0 aromatic heterocycles. The van der Waals surface area contributed by atoms with E-state index in [2.05, 4.69) is 10.0 Å². The van der Waals surface area contributed by atoms with Crippen molar-refractivity contribution in [2.75, 3.05) is 35.6 Å². The summed E-state index contributed by atoms with van der Waals surface area (Å²) in [4.78, 5) is 12.5. The molecule has 0 atom stereocenters. The number of benzene rings is 1. The van der Waals surface area contributed by atoms with Gasteiger partial charge in [-0.25, -0.2) is 8.42 Å². The molecular weight excluding hydrogens is 318 g/mol. The summed E-state index contributed by atoms with van der Waals surface area (Å²) in [5.41, 5.74) is 6.28. The van der Waals surface area contributed by atoms with Gasteiger partial charge in [0, 0.05) is 31.1 Å². The maximum Gasteiger partial charge on any atom is 0.232 e. The third-order valence-electron chi connectivity index (χ3n) is 4.12. The smallest absolute Gasteiger partial charge is 0.232 e. The van der Waals surface area contributed by atoms with Crippen LogP contribution in [0.4, 0.5) is 11.4 Å². The van der Waals surface area contributed by atoms with Gasteiger partial charge in [-0.3, -0.25) is 9.52 Å². The first-order valence-electron chi connectivity index (χ1n) is 7.60. The van der Waals surface area contributed by atoms with Gasteiger partial charge in [0.15, 0.2) is 0 Å². The first kappa shape index (κ1) is 17.7. The van der Waals surface area contributed by atoms with Crippen LogP contribution in [0.25, 0.3) is 0 Å². The lowest BCUT2D eigenvalue weighted by Gasteiger charge is -2.34. The molecule has 0 radical (unpaired) electrons. The van der Waals surface area contributed by atoms with E-state index in [1.54, 1.807) is 31.2 Å². The van der Waals surface area contributed by atoms with E-state index < -0.39 is 15.4 Å². The zero-order valence-corrected chi connectivity index (χ0v) is 14.0. The fourth-order valence-corrected chi connectivity index (χ4v) is 3.06. The highest BCUT2D eigenvalue weighted by atomic mass is 32.2. The molecule has 1 aromatic rings. The number of nitrogens with one attached hydrogen (secondary N) is 2. The summed E-state index contributed by atoms with van der Waals surface area (Å²) in [6.07, 6.45) is 1.20. The van der Waals surface area contributed by atoms with Gasteiger partial charge >= 0.3 is 0 Å². The van der Waals surface area contributed by atoms with Crippen molar-refractivity contribution in [1.82, 2.24) is 0 Å². The molecule has 4 N–H and O–H groups in total. The van der Waals surface area contributed by atoms with E-state index in [1.807, 2.05) is 0 Å². The lowest BCUT2D eigenvalue weighted by Crippen LogP contribution is -2.46. The molecule has 1 aliphatic heterocycles. The summed E-state index contributed by atoms with van der Waals surface area (Å²) in [5.74, 6) is -0.114. The van der Waals surface area contributed by atoms with Gasteiger partial charge < -0.3 is 15.8 Å². The van der Waals surface area contributed by atoms with Gasteiger partial charge in [0.1, 0.15) is 0 Å². The van der Waals surface area contributed by atoms with Gasteiger partial charge in [0.2, 0.25) is 15.9 Å². The van der Waals surface area contributed by atoms with Gasteiger partial charge in [-0.05, 0) is 44.0 Å². The Morgan fingerprint density at radius 3 is 2.30 bits per heavy atom. The van der Waals surface area contributed by atoms with E-state index in [0.717, 1.165) is 0 Å². The monoisotopic (exact) mass is 341 g/mol. The minimum Gasteiger partial charge on any atom is -0.381 e. The Labute approximate surface area is 136 Å². The van der Waals surface area contributed by atoms with Gasteiger partial charge in [-0.2, -0.15) is 0 Å². The van der Waals surface area contributed by atoms with Crippen molar-refractivity contribution in [3.63, 3.8) is 0 Å². The van der Waals surface area contributed by atoms with Crippen molar-refractivity contribution in [1.29, 1.82) is 0 Å². The number of hydrogen-bond acceptors (Lipinski definition) is 5. The number of sulfonamides is 1. The quantitative estimate of drug-likeness (QED) is 0.719. The molecule has 128 valence electrons. The highest BCUT2D eigenvalue weighted by molar-refractivity contribution is 7.92. The molecular formula is C15H23N3O4S. The van der Waals surface area contributed by atoms with Crippen molar-refractivity contribution < 1.29 is 17.9 Å². The molecule has 1 amide bonds. The Balaban J connectivity index is 2.04. The Kier molecular flexibility index (Phi) is 5.61. The number of anilines is 2. The van der Waals surface area contributed by atoms with Crippen molar-refractivity contribution in [3.05, 3.63) is 24.3 Å². The van der Waals surface area contributed by atoms with Crippen molar-refractivity contribution >= 4 is 27.3 Å². The zero-order valence-electron chi connectivity index (χ0n) is 13.2. The molecule has 2 rings (SSSR count). The second kappa shape index (κ2) is 7.29. The van der Waals surface area contributed by atoms with E-state index in [4.69, 9.17) is 10.5 Å². The van der Waals surface area contributed by atoms with Crippen LogP contribution < -0.4 is 15.8 Å². The van der Waals surface area contributed by atoms with E-state index in [-0.39, 0.29) is 18.2 Å². The van der Waals surface area contributed by atoms with Gasteiger partial charge in [0.25, 0.3) is 0 Å². The van der Waals surface area contributed by atoms with Crippen LogP contribution in [-0.4, -0.2) is 39.8 Å². The number of amides is 1. The normalized spacial score (nSPS) is 17.5. The predicted molar refractivity (Wildman–Crippen MR) is 89.7 cm³/mol. The third kappa shape index (κ3) is 4.43. The lowest BCUT2D eigenvalue weighted by molar-refractivity contribution is -0.130. The summed E-state index contributed by atoms with van der Waals surface area (Å²) < 4.78 is 30.8. The summed E-state index contributed by atoms with van der Waals surface area (Å²) in [7, 11) is -3.31. The van der Waals surface area contributed by atoms with E-state index in [0.29, 0.717) is 37.4 Å². The second-order valence-corrected chi connectivity index (χ2v) is 7.64. The molecule has 23 heavy (non-hydrogen) atoms. The van der Waals surface area contributed by atoms with Crippen molar-refractivity contribution in [3.8, 4) is 0 Å². The summed E-state index contributed by atoms with van der Waals surface area (Å²) >= 11 is 0. The molecule has 0 spiro atoms. The molecule has 0 unspecified atom stereocenters. The minimum atomic E-state index is -3.31. The first-order chi connectivity index (χ1) is 10.9. The van der Waals surface area contributed by atoms with Crippen LogP contribution in [0, 0.1) is 5.41 Å². The Hall–Kier alpha value is -1.64. The Morgan fingerprint density at radius 1 is 1.22 bits per heavy atom. The summed E-state index contributed by atoms with van der Waals surface area (Å²) in [5, 5.41) is 2.86. The van der Waals surface area contributed by atoms with Crippen LogP contribution in [0.15, 0.2) is 24.3 Å². The molecule has 1 heterocycles.